The summed E-state index contributed by atoms with van der Waals surface area (Å²) < 4.78 is 10.6. The highest BCUT2D eigenvalue weighted by atomic mass is 16.5. The molecule has 0 spiro atoms. The number of aliphatic hydroxyl groups is 1. The lowest BCUT2D eigenvalue weighted by atomic mass is 10.1. The largest absolute Gasteiger partial charge is 0.491 e. The summed E-state index contributed by atoms with van der Waals surface area (Å²) in [6.07, 6.45) is 1.00. The summed E-state index contributed by atoms with van der Waals surface area (Å²) in [6, 6.07) is 6.65. The Morgan fingerprint density at radius 2 is 1.88 bits per heavy atom. The highest BCUT2D eigenvalue weighted by molar-refractivity contribution is 6.06. The normalized spacial score (nSPS) is 11.2. The van der Waals surface area contributed by atoms with E-state index in [0.29, 0.717) is 17.0 Å². The minimum atomic E-state index is -1.07. The van der Waals surface area contributed by atoms with E-state index in [9.17, 15) is 14.7 Å². The first-order valence-corrected chi connectivity index (χ1v) is 7.71. The van der Waals surface area contributed by atoms with Crippen LogP contribution in [0, 0.1) is 6.92 Å². The highest BCUT2D eigenvalue weighted by Crippen LogP contribution is 2.21. The van der Waals surface area contributed by atoms with Gasteiger partial charge < -0.3 is 24.7 Å². The van der Waals surface area contributed by atoms with Gasteiger partial charge in [0.05, 0.1) is 17.4 Å². The molecule has 0 aliphatic heterocycles. The minimum Gasteiger partial charge on any atom is -0.491 e. The van der Waals surface area contributed by atoms with Gasteiger partial charge in [-0.1, -0.05) is 0 Å². The number of furan rings is 1. The maximum absolute atomic E-state index is 12.4. The molecule has 0 unspecified atom stereocenters. The van der Waals surface area contributed by atoms with E-state index in [1.54, 1.807) is 45.0 Å². The van der Waals surface area contributed by atoms with Crippen molar-refractivity contribution in [1.82, 2.24) is 0 Å². The number of carbonyl (C=O) groups excluding carboxylic acids is 1. The molecule has 25 heavy (non-hydrogen) atoms. The molecule has 0 fully saturated rings. The second-order valence-corrected chi connectivity index (χ2v) is 6.37. The molecule has 0 saturated heterocycles. The fourth-order valence-corrected chi connectivity index (χ4v) is 2.16. The molecule has 1 heterocycles. The molecule has 0 aliphatic rings. The van der Waals surface area contributed by atoms with Gasteiger partial charge in [0, 0.05) is 11.3 Å². The average Bonchev–Trinajstić information content (AvgIpc) is 2.85. The number of aryl methyl sites for hydroxylation is 1. The lowest BCUT2D eigenvalue weighted by molar-refractivity contribution is -0.136. The molecule has 1 amide bonds. The van der Waals surface area contributed by atoms with Crippen LogP contribution in [0.15, 0.2) is 34.9 Å². The summed E-state index contributed by atoms with van der Waals surface area (Å²) in [6.45, 7) is 5.11. The number of carbonyl (C=O) groups is 2. The molecule has 1 aromatic heterocycles. The van der Waals surface area contributed by atoms with Gasteiger partial charge in [-0.3, -0.25) is 9.59 Å². The predicted octanol–water partition coefficient (Wildman–Crippen LogP) is 2.62. The second kappa shape index (κ2) is 7.40. The molecule has 0 bridgehead atoms. The summed E-state index contributed by atoms with van der Waals surface area (Å²) >= 11 is 0. The van der Waals surface area contributed by atoms with Gasteiger partial charge in [-0.25, -0.2) is 0 Å². The van der Waals surface area contributed by atoms with Crippen LogP contribution in [-0.4, -0.2) is 34.3 Å². The Kier molecular flexibility index (Phi) is 5.48. The first-order chi connectivity index (χ1) is 11.7. The van der Waals surface area contributed by atoms with E-state index in [0.717, 1.165) is 0 Å². The van der Waals surface area contributed by atoms with Crippen molar-refractivity contribution in [3.05, 3.63) is 47.4 Å². The van der Waals surface area contributed by atoms with Gasteiger partial charge in [-0.15, -0.1) is 0 Å². The Hall–Kier alpha value is -2.80. The van der Waals surface area contributed by atoms with Crippen LogP contribution < -0.4 is 10.1 Å². The van der Waals surface area contributed by atoms with E-state index in [-0.39, 0.29) is 24.4 Å². The van der Waals surface area contributed by atoms with Crippen LogP contribution in [0.4, 0.5) is 5.69 Å². The van der Waals surface area contributed by atoms with Crippen LogP contribution >= 0.6 is 0 Å². The van der Waals surface area contributed by atoms with Crippen LogP contribution in [0.5, 0.6) is 5.75 Å². The number of aliphatic carboxylic acids is 1. The average molecular weight is 347 g/mol. The molecule has 0 atom stereocenters. The predicted molar refractivity (Wildman–Crippen MR) is 91.0 cm³/mol. The van der Waals surface area contributed by atoms with Crippen molar-refractivity contribution >= 4 is 17.6 Å². The van der Waals surface area contributed by atoms with Gasteiger partial charge in [-0.2, -0.15) is 0 Å². The lowest BCUT2D eigenvalue weighted by Crippen LogP contribution is -2.27. The zero-order valence-electron chi connectivity index (χ0n) is 14.3. The van der Waals surface area contributed by atoms with Gasteiger partial charge in [0.25, 0.3) is 5.91 Å². The van der Waals surface area contributed by atoms with Crippen molar-refractivity contribution in [3.63, 3.8) is 0 Å². The fraction of sp³-hybridized carbons (Fsp3) is 0.333. The van der Waals surface area contributed by atoms with Crippen molar-refractivity contribution in [2.24, 2.45) is 0 Å². The standard InChI is InChI=1S/C18H21NO6/c1-11-9-24-14(8-15(20)21)16(11)17(22)19-12-4-6-13(7-5-12)25-10-18(2,3)23/h4-7,9,23H,8,10H2,1-3H3,(H,19,22)(H,20,21). The van der Waals surface area contributed by atoms with Gasteiger partial charge in [0.1, 0.15) is 24.5 Å². The number of carboxylic acid groups (broad SMARTS) is 1. The Morgan fingerprint density at radius 3 is 2.44 bits per heavy atom. The molecule has 0 saturated carbocycles. The highest BCUT2D eigenvalue weighted by Gasteiger charge is 2.20. The number of amides is 1. The smallest absolute Gasteiger partial charge is 0.311 e. The Balaban J connectivity index is 2.06. The zero-order chi connectivity index (χ0) is 18.6. The monoisotopic (exact) mass is 347 g/mol. The number of benzene rings is 1. The van der Waals surface area contributed by atoms with E-state index in [2.05, 4.69) is 5.32 Å². The van der Waals surface area contributed by atoms with Gasteiger partial charge in [-0.05, 0) is 45.0 Å². The molecule has 7 heteroatoms. The lowest BCUT2D eigenvalue weighted by Gasteiger charge is -2.17. The van der Waals surface area contributed by atoms with E-state index < -0.39 is 17.5 Å². The SMILES string of the molecule is Cc1coc(CC(=O)O)c1C(=O)Nc1ccc(OCC(C)(C)O)cc1. The molecule has 0 aliphatic carbocycles. The summed E-state index contributed by atoms with van der Waals surface area (Å²) in [5, 5.41) is 21.2. The molecule has 2 aromatic rings. The number of hydrogen-bond acceptors (Lipinski definition) is 5. The van der Waals surface area contributed by atoms with Crippen molar-refractivity contribution in [3.8, 4) is 5.75 Å². The quantitative estimate of drug-likeness (QED) is 0.710. The van der Waals surface area contributed by atoms with E-state index in [1.165, 1.54) is 6.26 Å². The summed E-state index contributed by atoms with van der Waals surface area (Å²) in [7, 11) is 0. The third-order valence-electron chi connectivity index (χ3n) is 3.29. The number of ether oxygens (including phenoxy) is 1. The summed E-state index contributed by atoms with van der Waals surface area (Å²) in [5.41, 5.74) is 0.387. The molecule has 0 radical (unpaired) electrons. The molecule has 2 rings (SSSR count). The molecule has 3 N–H and O–H groups in total. The fourth-order valence-electron chi connectivity index (χ4n) is 2.16. The Morgan fingerprint density at radius 1 is 1.24 bits per heavy atom. The Labute approximate surface area is 145 Å². The van der Waals surface area contributed by atoms with E-state index in [4.69, 9.17) is 14.3 Å². The van der Waals surface area contributed by atoms with Crippen LogP contribution in [0.3, 0.4) is 0 Å². The third-order valence-corrected chi connectivity index (χ3v) is 3.29. The number of nitrogens with one attached hydrogen (secondary N) is 1. The maximum atomic E-state index is 12.4. The van der Waals surface area contributed by atoms with Crippen LogP contribution in [0.2, 0.25) is 0 Å². The molecule has 1 aromatic carbocycles. The molecule has 134 valence electrons. The first kappa shape index (κ1) is 18.5. The van der Waals surface area contributed by atoms with Gasteiger partial charge in [0.2, 0.25) is 0 Å². The topological polar surface area (TPSA) is 109 Å². The van der Waals surface area contributed by atoms with E-state index in [1.807, 2.05) is 0 Å². The van der Waals surface area contributed by atoms with Crippen molar-refractivity contribution in [2.75, 3.05) is 11.9 Å². The third kappa shape index (κ3) is 5.36. The van der Waals surface area contributed by atoms with E-state index >= 15 is 0 Å². The number of carboxylic acids is 1. The van der Waals surface area contributed by atoms with Crippen molar-refractivity contribution in [1.29, 1.82) is 0 Å². The Bertz CT molecular complexity index is 755. The van der Waals surface area contributed by atoms with Crippen LogP contribution in [-0.2, 0) is 11.2 Å². The molecular weight excluding hydrogens is 326 g/mol. The number of anilines is 1. The number of rotatable bonds is 7. The summed E-state index contributed by atoms with van der Waals surface area (Å²) in [4.78, 5) is 23.3. The maximum Gasteiger partial charge on any atom is 0.311 e. The van der Waals surface area contributed by atoms with Crippen LogP contribution in [0.25, 0.3) is 0 Å². The minimum absolute atomic E-state index is 0.118. The van der Waals surface area contributed by atoms with Crippen molar-refractivity contribution in [2.45, 2.75) is 32.8 Å². The first-order valence-electron chi connectivity index (χ1n) is 7.71. The summed E-state index contributed by atoms with van der Waals surface area (Å²) in [5.74, 6) is -0.830. The number of hydrogen-bond donors (Lipinski definition) is 3. The second-order valence-electron chi connectivity index (χ2n) is 6.37. The molecular formula is C18H21NO6. The molecule has 7 nitrogen and oxygen atoms in total. The zero-order valence-corrected chi connectivity index (χ0v) is 14.3. The van der Waals surface area contributed by atoms with Gasteiger partial charge in [0.15, 0.2) is 0 Å². The van der Waals surface area contributed by atoms with Crippen LogP contribution in [0.1, 0.15) is 35.5 Å². The van der Waals surface area contributed by atoms with Gasteiger partial charge >= 0.3 is 5.97 Å². The van der Waals surface area contributed by atoms with Crippen molar-refractivity contribution < 1.29 is 29.0 Å².